The van der Waals surface area contributed by atoms with E-state index in [9.17, 15) is 4.79 Å². The van der Waals surface area contributed by atoms with Crippen molar-refractivity contribution in [2.45, 2.75) is 44.7 Å². The fourth-order valence-electron chi connectivity index (χ4n) is 3.26. The lowest BCUT2D eigenvalue weighted by molar-refractivity contribution is -0.137. The second-order valence-corrected chi connectivity index (χ2v) is 6.72. The number of carbonyl (C=O) groups is 1. The number of rotatable bonds is 5. The summed E-state index contributed by atoms with van der Waals surface area (Å²) < 4.78 is 1.34. The molecule has 0 bridgehead atoms. The number of nitrogens with zero attached hydrogens (tertiary/aromatic N) is 1. The van der Waals surface area contributed by atoms with Crippen molar-refractivity contribution in [3.05, 3.63) is 35.2 Å². The third-order valence-electron chi connectivity index (χ3n) is 4.38. The van der Waals surface area contributed by atoms with Crippen LogP contribution in [0.15, 0.2) is 29.6 Å². The average Bonchev–Trinajstić information content (AvgIpc) is 2.90. The fourth-order valence-corrected chi connectivity index (χ4v) is 4.21. The van der Waals surface area contributed by atoms with Gasteiger partial charge >= 0.3 is 5.97 Å². The second-order valence-electron chi connectivity index (χ2n) is 5.81. The number of hydrogen-bond acceptors (Lipinski definition) is 3. The molecule has 1 saturated heterocycles. The highest BCUT2D eigenvalue weighted by atomic mass is 32.1. The maximum absolute atomic E-state index is 10.8. The molecule has 1 aliphatic rings. The molecule has 0 amide bonds. The molecule has 4 heteroatoms. The fraction of sp³-hybridized carbons (Fsp3) is 0.471. The number of carboxylic acid groups (broad SMARTS) is 1. The van der Waals surface area contributed by atoms with E-state index in [0.29, 0.717) is 6.04 Å². The molecule has 112 valence electrons. The lowest BCUT2D eigenvalue weighted by Crippen LogP contribution is -2.39. The minimum Gasteiger partial charge on any atom is -0.481 e. The Bertz CT molecular complexity index is 622. The summed E-state index contributed by atoms with van der Waals surface area (Å²) in [5, 5.41) is 12.5. The topological polar surface area (TPSA) is 40.5 Å². The third-order valence-corrected chi connectivity index (χ3v) is 5.39. The molecular formula is C17H21NO2S. The first kappa shape index (κ1) is 14.5. The van der Waals surface area contributed by atoms with Crippen LogP contribution in [0.4, 0.5) is 0 Å². The van der Waals surface area contributed by atoms with Crippen LogP contribution in [-0.2, 0) is 11.3 Å². The number of benzene rings is 1. The number of hydrogen-bond donors (Lipinski definition) is 1. The maximum atomic E-state index is 10.8. The number of fused-ring (bicyclic) bond motifs is 1. The highest BCUT2D eigenvalue weighted by molar-refractivity contribution is 7.17. The van der Waals surface area contributed by atoms with E-state index in [1.807, 2.05) is 0 Å². The van der Waals surface area contributed by atoms with Crippen molar-refractivity contribution in [3.8, 4) is 0 Å². The van der Waals surface area contributed by atoms with Crippen molar-refractivity contribution >= 4 is 27.4 Å². The Morgan fingerprint density at radius 3 is 3.05 bits per heavy atom. The quantitative estimate of drug-likeness (QED) is 0.903. The van der Waals surface area contributed by atoms with E-state index in [1.54, 1.807) is 11.3 Å². The zero-order valence-electron chi connectivity index (χ0n) is 12.1. The van der Waals surface area contributed by atoms with Crippen LogP contribution in [0.3, 0.4) is 0 Å². The van der Waals surface area contributed by atoms with Crippen LogP contribution >= 0.6 is 11.3 Å². The molecule has 1 aliphatic heterocycles. The SMILES string of the molecule is O=C(O)CCC1CCCCN1Cc1csc2ccccc12. The van der Waals surface area contributed by atoms with Crippen molar-refractivity contribution in [1.29, 1.82) is 0 Å². The normalized spacial score (nSPS) is 19.9. The third kappa shape index (κ3) is 3.44. The molecule has 3 rings (SSSR count). The minimum absolute atomic E-state index is 0.283. The zero-order chi connectivity index (χ0) is 14.7. The first-order chi connectivity index (χ1) is 10.2. The summed E-state index contributed by atoms with van der Waals surface area (Å²) in [6.07, 6.45) is 4.65. The monoisotopic (exact) mass is 303 g/mol. The minimum atomic E-state index is -0.679. The summed E-state index contributed by atoms with van der Waals surface area (Å²) in [6, 6.07) is 8.96. The Kier molecular flexibility index (Phi) is 4.56. The molecule has 0 spiro atoms. The van der Waals surface area contributed by atoms with E-state index in [1.165, 1.54) is 28.5 Å². The van der Waals surface area contributed by atoms with Crippen molar-refractivity contribution in [2.24, 2.45) is 0 Å². The molecule has 2 aromatic rings. The van der Waals surface area contributed by atoms with Crippen molar-refractivity contribution < 1.29 is 9.90 Å². The van der Waals surface area contributed by atoms with Gasteiger partial charge in [-0.3, -0.25) is 9.69 Å². The molecule has 0 saturated carbocycles. The van der Waals surface area contributed by atoms with Crippen LogP contribution in [0, 0.1) is 0 Å². The van der Waals surface area contributed by atoms with Crippen LogP contribution in [0.5, 0.6) is 0 Å². The van der Waals surface area contributed by atoms with Crippen LogP contribution in [0.25, 0.3) is 10.1 Å². The highest BCUT2D eigenvalue weighted by Crippen LogP contribution is 2.29. The largest absolute Gasteiger partial charge is 0.481 e. The van der Waals surface area contributed by atoms with Crippen molar-refractivity contribution in [1.82, 2.24) is 4.90 Å². The smallest absolute Gasteiger partial charge is 0.303 e. The van der Waals surface area contributed by atoms with Gasteiger partial charge in [0.15, 0.2) is 0 Å². The number of carboxylic acids is 1. The van der Waals surface area contributed by atoms with E-state index in [4.69, 9.17) is 5.11 Å². The standard InChI is InChI=1S/C17H21NO2S/c19-17(20)9-8-14-5-3-4-10-18(14)11-13-12-21-16-7-2-1-6-15(13)16/h1-2,6-7,12,14H,3-5,8-11H2,(H,19,20). The van der Waals surface area contributed by atoms with E-state index >= 15 is 0 Å². The van der Waals surface area contributed by atoms with Gasteiger partial charge in [-0.25, -0.2) is 0 Å². The second kappa shape index (κ2) is 6.58. The molecule has 2 heterocycles. The van der Waals surface area contributed by atoms with Crippen molar-refractivity contribution in [3.63, 3.8) is 0 Å². The lowest BCUT2D eigenvalue weighted by Gasteiger charge is -2.35. The summed E-state index contributed by atoms with van der Waals surface area (Å²) >= 11 is 1.80. The van der Waals surface area contributed by atoms with E-state index in [-0.39, 0.29) is 6.42 Å². The van der Waals surface area contributed by atoms with Gasteiger partial charge in [0.2, 0.25) is 0 Å². The predicted molar refractivity (Wildman–Crippen MR) is 86.7 cm³/mol. The Balaban J connectivity index is 1.73. The van der Waals surface area contributed by atoms with Gasteiger partial charge in [-0.2, -0.15) is 0 Å². The maximum Gasteiger partial charge on any atom is 0.303 e. The summed E-state index contributed by atoms with van der Waals surface area (Å²) in [7, 11) is 0. The van der Waals surface area contributed by atoms with Crippen LogP contribution in [0.2, 0.25) is 0 Å². The van der Waals surface area contributed by atoms with Gasteiger partial charge in [0.05, 0.1) is 0 Å². The van der Waals surface area contributed by atoms with Crippen LogP contribution in [-0.4, -0.2) is 28.6 Å². The van der Waals surface area contributed by atoms with E-state index < -0.39 is 5.97 Å². The molecule has 0 aliphatic carbocycles. The molecule has 3 nitrogen and oxygen atoms in total. The number of likely N-dealkylation sites (tertiary alicyclic amines) is 1. The van der Waals surface area contributed by atoms with Crippen molar-refractivity contribution in [2.75, 3.05) is 6.54 Å². The van der Waals surface area contributed by atoms with Crippen LogP contribution in [0.1, 0.15) is 37.7 Å². The lowest BCUT2D eigenvalue weighted by atomic mass is 9.97. The van der Waals surface area contributed by atoms with Gasteiger partial charge < -0.3 is 5.11 Å². The summed E-state index contributed by atoms with van der Waals surface area (Å²) in [5.74, 6) is -0.679. The van der Waals surface area contributed by atoms with Gasteiger partial charge in [-0.05, 0) is 48.2 Å². The number of piperidine rings is 1. The first-order valence-electron chi connectivity index (χ1n) is 7.65. The first-order valence-corrected chi connectivity index (χ1v) is 8.53. The number of thiophene rings is 1. The molecule has 1 aromatic heterocycles. The number of aliphatic carboxylic acids is 1. The molecule has 1 unspecified atom stereocenters. The summed E-state index contributed by atoms with van der Waals surface area (Å²) in [5.41, 5.74) is 1.39. The molecule has 1 N–H and O–H groups in total. The van der Waals surface area contributed by atoms with E-state index in [2.05, 4.69) is 34.5 Å². The molecule has 0 radical (unpaired) electrons. The average molecular weight is 303 g/mol. The molecule has 1 aromatic carbocycles. The van der Waals surface area contributed by atoms with Gasteiger partial charge in [0.25, 0.3) is 0 Å². The Labute approximate surface area is 129 Å². The van der Waals surface area contributed by atoms with Crippen LogP contribution < -0.4 is 0 Å². The molecule has 1 atom stereocenters. The zero-order valence-corrected chi connectivity index (χ0v) is 12.9. The van der Waals surface area contributed by atoms with Gasteiger partial charge in [0.1, 0.15) is 0 Å². The predicted octanol–water partition coefficient (Wildman–Crippen LogP) is 4.12. The summed E-state index contributed by atoms with van der Waals surface area (Å²) in [6.45, 7) is 2.04. The van der Waals surface area contributed by atoms with Gasteiger partial charge in [0, 0.05) is 23.7 Å². The Morgan fingerprint density at radius 2 is 2.19 bits per heavy atom. The molecular weight excluding hydrogens is 282 g/mol. The molecule has 1 fully saturated rings. The Hall–Kier alpha value is -1.39. The van der Waals surface area contributed by atoms with Gasteiger partial charge in [-0.15, -0.1) is 11.3 Å². The van der Waals surface area contributed by atoms with E-state index in [0.717, 1.165) is 25.9 Å². The molecule has 21 heavy (non-hydrogen) atoms. The van der Waals surface area contributed by atoms with Gasteiger partial charge in [-0.1, -0.05) is 24.6 Å². The summed E-state index contributed by atoms with van der Waals surface area (Å²) in [4.78, 5) is 13.3. The Morgan fingerprint density at radius 1 is 1.33 bits per heavy atom. The highest BCUT2D eigenvalue weighted by Gasteiger charge is 2.23.